The van der Waals surface area contributed by atoms with Crippen LogP contribution in [0.1, 0.15) is 22.4 Å². The molecule has 4 aromatic rings. The van der Waals surface area contributed by atoms with Crippen LogP contribution in [0.5, 0.6) is 5.88 Å². The highest BCUT2D eigenvalue weighted by atomic mass is 16.5. The molecule has 0 radical (unpaired) electrons. The molecule has 0 unspecified atom stereocenters. The molecule has 2 aromatic heterocycles. The molecule has 0 amide bonds. The van der Waals surface area contributed by atoms with Crippen molar-refractivity contribution in [2.45, 2.75) is 26.9 Å². The van der Waals surface area contributed by atoms with E-state index in [2.05, 4.69) is 63.6 Å². The third-order valence-corrected chi connectivity index (χ3v) is 4.97. The van der Waals surface area contributed by atoms with E-state index in [-0.39, 0.29) is 0 Å². The van der Waals surface area contributed by atoms with E-state index in [1.54, 1.807) is 7.11 Å². The van der Waals surface area contributed by atoms with Crippen LogP contribution in [0.15, 0.2) is 60.9 Å². The molecule has 1 N–H and O–H groups in total. The topological polar surface area (TPSA) is 59.9 Å². The average Bonchev–Trinajstić information content (AvgIpc) is 2.75. The van der Waals surface area contributed by atoms with Crippen LogP contribution in [-0.4, -0.2) is 22.1 Å². The van der Waals surface area contributed by atoms with E-state index in [1.807, 2.05) is 31.5 Å². The molecule has 0 saturated carbocycles. The Morgan fingerprint density at radius 2 is 1.66 bits per heavy atom. The number of methoxy groups -OCH3 is 1. The molecular weight excluding hydrogens is 360 g/mol. The number of nitrogens with zero attached hydrogens (tertiary/aromatic N) is 3. The lowest BCUT2D eigenvalue weighted by atomic mass is 10.1. The van der Waals surface area contributed by atoms with E-state index < -0.39 is 0 Å². The third-order valence-electron chi connectivity index (χ3n) is 4.97. The Morgan fingerprint density at radius 3 is 2.41 bits per heavy atom. The van der Waals surface area contributed by atoms with Crippen molar-refractivity contribution >= 4 is 10.8 Å². The Hall–Kier alpha value is -3.31. The summed E-state index contributed by atoms with van der Waals surface area (Å²) in [5.41, 5.74) is 5.26. The molecule has 0 spiro atoms. The predicted octanol–water partition coefficient (Wildman–Crippen LogP) is 4.61. The molecule has 0 aliphatic heterocycles. The maximum atomic E-state index is 5.43. The first-order valence-electron chi connectivity index (χ1n) is 9.66. The first kappa shape index (κ1) is 19.0. The number of nitrogens with one attached hydrogen (secondary N) is 1. The maximum Gasteiger partial charge on any atom is 0.218 e. The lowest BCUT2D eigenvalue weighted by Gasteiger charge is -2.12. The summed E-state index contributed by atoms with van der Waals surface area (Å²) in [5, 5.41) is 5.84. The van der Waals surface area contributed by atoms with Crippen molar-refractivity contribution in [2.75, 3.05) is 7.11 Å². The van der Waals surface area contributed by atoms with E-state index in [4.69, 9.17) is 4.74 Å². The first-order chi connectivity index (χ1) is 14.1. The number of hydrogen-bond donors (Lipinski definition) is 1. The van der Waals surface area contributed by atoms with Gasteiger partial charge in [0.2, 0.25) is 5.88 Å². The van der Waals surface area contributed by atoms with Crippen LogP contribution in [0.3, 0.4) is 0 Å². The second-order valence-corrected chi connectivity index (χ2v) is 7.15. The van der Waals surface area contributed by atoms with E-state index in [1.165, 1.54) is 16.3 Å². The van der Waals surface area contributed by atoms with Gasteiger partial charge >= 0.3 is 0 Å². The second-order valence-electron chi connectivity index (χ2n) is 7.15. The molecule has 2 heterocycles. The van der Waals surface area contributed by atoms with Crippen molar-refractivity contribution in [3.8, 4) is 17.3 Å². The van der Waals surface area contributed by atoms with Crippen LogP contribution < -0.4 is 10.1 Å². The van der Waals surface area contributed by atoms with Gasteiger partial charge in [0, 0.05) is 47.9 Å². The van der Waals surface area contributed by atoms with Crippen molar-refractivity contribution in [3.05, 3.63) is 83.3 Å². The fourth-order valence-electron chi connectivity index (χ4n) is 3.47. The molecule has 4 rings (SSSR count). The Morgan fingerprint density at radius 1 is 0.897 bits per heavy atom. The van der Waals surface area contributed by atoms with E-state index in [0.29, 0.717) is 19.0 Å². The summed E-state index contributed by atoms with van der Waals surface area (Å²) < 4.78 is 5.43. The standard InChI is InChI=1S/C24H24N4O/c1-16-10-17(2)28-24(29-3)22(16)15-25-12-18-13-26-23(27-14-18)21-9-8-19-6-4-5-7-20(19)11-21/h4-11,13-14,25H,12,15H2,1-3H3. The summed E-state index contributed by atoms with van der Waals surface area (Å²) in [6.07, 6.45) is 3.75. The van der Waals surface area contributed by atoms with Crippen LogP contribution in [0.4, 0.5) is 0 Å². The highest BCUT2D eigenvalue weighted by Gasteiger charge is 2.09. The highest BCUT2D eigenvalue weighted by Crippen LogP contribution is 2.22. The second kappa shape index (κ2) is 8.37. The van der Waals surface area contributed by atoms with Gasteiger partial charge < -0.3 is 10.1 Å². The number of fused-ring (bicyclic) bond motifs is 1. The van der Waals surface area contributed by atoms with Gasteiger partial charge in [-0.1, -0.05) is 36.4 Å². The van der Waals surface area contributed by atoms with Crippen molar-refractivity contribution < 1.29 is 4.74 Å². The molecule has 146 valence electrons. The van der Waals surface area contributed by atoms with Crippen LogP contribution >= 0.6 is 0 Å². The molecule has 5 heteroatoms. The zero-order valence-corrected chi connectivity index (χ0v) is 16.9. The lowest BCUT2D eigenvalue weighted by Crippen LogP contribution is -2.15. The van der Waals surface area contributed by atoms with Gasteiger partial charge in [-0.3, -0.25) is 0 Å². The Kier molecular flexibility index (Phi) is 5.49. The van der Waals surface area contributed by atoms with Crippen molar-refractivity contribution in [3.63, 3.8) is 0 Å². The summed E-state index contributed by atoms with van der Waals surface area (Å²) in [5.74, 6) is 1.41. The number of aryl methyl sites for hydroxylation is 2. The SMILES string of the molecule is COc1nc(C)cc(C)c1CNCc1cnc(-c2ccc3ccccc3c2)nc1. The molecule has 0 bridgehead atoms. The molecule has 0 atom stereocenters. The molecular formula is C24H24N4O. The third kappa shape index (κ3) is 4.25. The minimum atomic E-state index is 0.675. The normalized spacial score (nSPS) is 11.0. The van der Waals surface area contributed by atoms with E-state index >= 15 is 0 Å². The summed E-state index contributed by atoms with van der Waals surface area (Å²) in [6, 6.07) is 16.7. The summed E-state index contributed by atoms with van der Waals surface area (Å²) in [7, 11) is 1.66. The number of rotatable bonds is 6. The van der Waals surface area contributed by atoms with E-state index in [9.17, 15) is 0 Å². The summed E-state index contributed by atoms with van der Waals surface area (Å²) in [4.78, 5) is 13.6. The minimum absolute atomic E-state index is 0.675. The van der Waals surface area contributed by atoms with Crippen LogP contribution in [0, 0.1) is 13.8 Å². The van der Waals surface area contributed by atoms with Gasteiger partial charge in [-0.05, 0) is 42.3 Å². The first-order valence-corrected chi connectivity index (χ1v) is 9.66. The number of aromatic nitrogens is 3. The van der Waals surface area contributed by atoms with Crippen molar-refractivity contribution in [2.24, 2.45) is 0 Å². The lowest BCUT2D eigenvalue weighted by molar-refractivity contribution is 0.389. The smallest absolute Gasteiger partial charge is 0.218 e. The molecule has 5 nitrogen and oxygen atoms in total. The van der Waals surface area contributed by atoms with Crippen LogP contribution in [0.2, 0.25) is 0 Å². The number of pyridine rings is 1. The Bertz CT molecular complexity index is 1140. The number of hydrogen-bond acceptors (Lipinski definition) is 5. The fraction of sp³-hybridized carbons (Fsp3) is 0.208. The molecule has 0 aliphatic carbocycles. The summed E-state index contributed by atoms with van der Waals surface area (Å²) in [6.45, 7) is 5.40. The molecule has 2 aromatic carbocycles. The quantitative estimate of drug-likeness (QED) is 0.526. The maximum absolute atomic E-state index is 5.43. The van der Waals surface area contributed by atoms with Gasteiger partial charge in [0.1, 0.15) is 0 Å². The molecule has 0 saturated heterocycles. The van der Waals surface area contributed by atoms with Crippen LogP contribution in [-0.2, 0) is 13.1 Å². The molecule has 29 heavy (non-hydrogen) atoms. The molecule has 0 fully saturated rings. The number of ether oxygens (including phenoxy) is 1. The minimum Gasteiger partial charge on any atom is -0.481 e. The van der Waals surface area contributed by atoms with Gasteiger partial charge in [-0.25, -0.2) is 15.0 Å². The zero-order chi connectivity index (χ0) is 20.2. The largest absolute Gasteiger partial charge is 0.481 e. The van der Waals surface area contributed by atoms with Gasteiger partial charge in [-0.2, -0.15) is 0 Å². The van der Waals surface area contributed by atoms with Crippen LogP contribution in [0.25, 0.3) is 22.2 Å². The van der Waals surface area contributed by atoms with Gasteiger partial charge in [0.25, 0.3) is 0 Å². The van der Waals surface area contributed by atoms with Crippen molar-refractivity contribution in [1.82, 2.24) is 20.3 Å². The Balaban J connectivity index is 1.43. The van der Waals surface area contributed by atoms with Gasteiger partial charge in [0.15, 0.2) is 5.82 Å². The van der Waals surface area contributed by atoms with Crippen molar-refractivity contribution in [1.29, 1.82) is 0 Å². The Labute approximate surface area is 170 Å². The molecule has 0 aliphatic rings. The predicted molar refractivity (Wildman–Crippen MR) is 116 cm³/mol. The van der Waals surface area contributed by atoms with Gasteiger partial charge in [0.05, 0.1) is 7.11 Å². The number of benzene rings is 2. The fourth-order valence-corrected chi connectivity index (χ4v) is 3.47. The average molecular weight is 384 g/mol. The highest BCUT2D eigenvalue weighted by molar-refractivity contribution is 5.86. The van der Waals surface area contributed by atoms with E-state index in [0.717, 1.165) is 28.2 Å². The monoisotopic (exact) mass is 384 g/mol. The summed E-state index contributed by atoms with van der Waals surface area (Å²) >= 11 is 0. The van der Waals surface area contributed by atoms with Gasteiger partial charge in [-0.15, -0.1) is 0 Å². The zero-order valence-electron chi connectivity index (χ0n) is 16.9.